The van der Waals surface area contributed by atoms with Gasteiger partial charge in [0.05, 0.1) is 33.8 Å². The maximum Gasteiger partial charge on any atom is 0.0989 e. The summed E-state index contributed by atoms with van der Waals surface area (Å²) >= 11 is 0. The van der Waals surface area contributed by atoms with Gasteiger partial charge in [-0.3, -0.25) is 4.98 Å². The summed E-state index contributed by atoms with van der Waals surface area (Å²) in [6.45, 7) is 0. The molecule has 0 saturated carbocycles. The highest BCUT2D eigenvalue weighted by Crippen LogP contribution is 2.28. The molecule has 4 nitrogen and oxygen atoms in total. The molecule has 0 aliphatic rings. The van der Waals surface area contributed by atoms with E-state index in [-0.39, 0.29) is 0 Å². The number of hydrogen-bond acceptors (Lipinski definition) is 3. The molecule has 0 spiro atoms. The van der Waals surface area contributed by atoms with Crippen LogP contribution in [0.2, 0.25) is 0 Å². The molecule has 0 unspecified atom stereocenters. The third-order valence-electron chi connectivity index (χ3n) is 3.88. The van der Waals surface area contributed by atoms with E-state index in [2.05, 4.69) is 28.3 Å². The third kappa shape index (κ3) is 1.36. The van der Waals surface area contributed by atoms with E-state index in [1.165, 1.54) is 0 Å². The summed E-state index contributed by atoms with van der Waals surface area (Å²) in [4.78, 5) is 9.35. The van der Waals surface area contributed by atoms with Crippen molar-refractivity contribution >= 4 is 38.4 Å². The molecule has 0 aliphatic carbocycles. The van der Waals surface area contributed by atoms with Gasteiger partial charge in [0.25, 0.3) is 0 Å². The first-order valence-electron chi connectivity index (χ1n) is 6.82. The Bertz CT molecular complexity index is 1140. The zero-order valence-corrected chi connectivity index (χ0v) is 11.1. The van der Waals surface area contributed by atoms with Crippen molar-refractivity contribution < 1.29 is 0 Å². The molecule has 0 amide bonds. The van der Waals surface area contributed by atoms with Crippen LogP contribution in [0, 0.1) is 0 Å². The molecule has 0 N–H and O–H groups in total. The lowest BCUT2D eigenvalue weighted by molar-refractivity contribution is 1.01. The van der Waals surface area contributed by atoms with E-state index in [1.54, 1.807) is 6.20 Å². The average molecular weight is 270 g/mol. The molecule has 1 aromatic carbocycles. The molecule has 4 heterocycles. The number of fused-ring (bicyclic) bond motifs is 7. The lowest BCUT2D eigenvalue weighted by Gasteiger charge is -2.08. The second kappa shape index (κ2) is 3.76. The molecule has 4 aromatic heterocycles. The summed E-state index contributed by atoms with van der Waals surface area (Å²) in [5, 5.41) is 6.62. The first-order valence-corrected chi connectivity index (χ1v) is 6.82. The minimum Gasteiger partial charge on any atom is -0.254 e. The van der Waals surface area contributed by atoms with E-state index in [0.717, 1.165) is 38.4 Å². The van der Waals surface area contributed by atoms with E-state index in [1.807, 2.05) is 41.0 Å². The highest BCUT2D eigenvalue weighted by Gasteiger charge is 2.11. The van der Waals surface area contributed by atoms with Crippen molar-refractivity contribution in [1.29, 1.82) is 0 Å². The van der Waals surface area contributed by atoms with Gasteiger partial charge in [0.15, 0.2) is 0 Å². The van der Waals surface area contributed by atoms with Crippen LogP contribution in [0.4, 0.5) is 0 Å². The van der Waals surface area contributed by atoms with E-state index in [9.17, 15) is 0 Å². The van der Waals surface area contributed by atoms with Gasteiger partial charge in [-0.15, -0.1) is 0 Å². The maximum atomic E-state index is 4.83. The fourth-order valence-electron chi connectivity index (χ4n) is 2.94. The average Bonchev–Trinajstić information content (AvgIpc) is 3.03. The molecule has 5 rings (SSSR count). The summed E-state index contributed by atoms with van der Waals surface area (Å²) in [5.74, 6) is 0. The van der Waals surface area contributed by atoms with Gasteiger partial charge in [0, 0.05) is 17.0 Å². The maximum absolute atomic E-state index is 4.83. The predicted molar refractivity (Wildman–Crippen MR) is 83.3 cm³/mol. The van der Waals surface area contributed by atoms with Gasteiger partial charge in [0.1, 0.15) is 0 Å². The predicted octanol–water partition coefficient (Wildman–Crippen LogP) is 3.58. The molecular formula is C17H10N4. The smallest absolute Gasteiger partial charge is 0.0989 e. The van der Waals surface area contributed by atoms with E-state index < -0.39 is 0 Å². The van der Waals surface area contributed by atoms with Crippen LogP contribution in [0.3, 0.4) is 0 Å². The van der Waals surface area contributed by atoms with Gasteiger partial charge in [0.2, 0.25) is 0 Å². The minimum absolute atomic E-state index is 0.935. The Kier molecular flexibility index (Phi) is 1.92. The summed E-state index contributed by atoms with van der Waals surface area (Å²) in [6.07, 6.45) is 3.61. The molecule has 4 heteroatoms. The zero-order chi connectivity index (χ0) is 13.8. The van der Waals surface area contributed by atoms with Gasteiger partial charge in [-0.2, -0.15) is 5.10 Å². The molecule has 0 aliphatic heterocycles. The molecule has 0 atom stereocenters. The molecule has 0 bridgehead atoms. The number of benzene rings is 1. The minimum atomic E-state index is 0.935. The first kappa shape index (κ1) is 10.7. The third-order valence-corrected chi connectivity index (χ3v) is 3.88. The van der Waals surface area contributed by atoms with Crippen LogP contribution in [0.1, 0.15) is 0 Å². The largest absolute Gasteiger partial charge is 0.254 e. The number of nitrogens with zero attached hydrogens (tertiary/aromatic N) is 4. The Balaban J connectivity index is 2.18. The Morgan fingerprint density at radius 1 is 0.810 bits per heavy atom. The van der Waals surface area contributed by atoms with Crippen LogP contribution in [0.15, 0.2) is 60.9 Å². The number of aromatic nitrogens is 4. The standard InChI is InChI=1S/C17H10N4/c1-2-6-13-11(4-1)10-15-17(20-13)12-5-3-8-18-16(12)14-7-9-19-21(14)15/h1-10H. The monoisotopic (exact) mass is 270 g/mol. The number of pyridine rings is 3. The molecule has 0 fully saturated rings. The van der Waals surface area contributed by atoms with Crippen LogP contribution >= 0.6 is 0 Å². The molecule has 5 aromatic rings. The fraction of sp³-hybridized carbons (Fsp3) is 0. The Morgan fingerprint density at radius 3 is 2.76 bits per heavy atom. The van der Waals surface area contributed by atoms with Gasteiger partial charge in [-0.05, 0) is 30.3 Å². The van der Waals surface area contributed by atoms with Crippen molar-refractivity contribution in [2.75, 3.05) is 0 Å². The Morgan fingerprint density at radius 2 is 1.76 bits per heavy atom. The normalized spacial score (nSPS) is 11.8. The lowest BCUT2D eigenvalue weighted by Crippen LogP contribution is -1.96. The molecule has 0 saturated heterocycles. The van der Waals surface area contributed by atoms with Crippen LogP contribution in [0.25, 0.3) is 38.4 Å². The number of para-hydroxylation sites is 1. The van der Waals surface area contributed by atoms with Crippen LogP contribution in [-0.2, 0) is 0 Å². The zero-order valence-electron chi connectivity index (χ0n) is 11.1. The quantitative estimate of drug-likeness (QED) is 0.319. The van der Waals surface area contributed by atoms with Gasteiger partial charge in [-0.1, -0.05) is 18.2 Å². The van der Waals surface area contributed by atoms with Crippen LogP contribution in [-0.4, -0.2) is 19.6 Å². The van der Waals surface area contributed by atoms with Crippen molar-refractivity contribution in [3.63, 3.8) is 0 Å². The summed E-state index contributed by atoms with van der Waals surface area (Å²) < 4.78 is 1.92. The van der Waals surface area contributed by atoms with Crippen LogP contribution < -0.4 is 0 Å². The summed E-state index contributed by atoms with van der Waals surface area (Å²) in [5.41, 5.74) is 4.88. The van der Waals surface area contributed by atoms with Crippen molar-refractivity contribution in [2.24, 2.45) is 0 Å². The molecular weight excluding hydrogens is 260 g/mol. The Labute approximate surface area is 119 Å². The number of rotatable bonds is 0. The van der Waals surface area contributed by atoms with E-state index >= 15 is 0 Å². The highest BCUT2D eigenvalue weighted by molar-refractivity contribution is 6.10. The fourth-order valence-corrected chi connectivity index (χ4v) is 2.94. The second-order valence-electron chi connectivity index (χ2n) is 5.08. The van der Waals surface area contributed by atoms with Crippen molar-refractivity contribution in [1.82, 2.24) is 19.6 Å². The van der Waals surface area contributed by atoms with Gasteiger partial charge < -0.3 is 0 Å². The molecule has 21 heavy (non-hydrogen) atoms. The Hall–Kier alpha value is -3.01. The van der Waals surface area contributed by atoms with Crippen molar-refractivity contribution in [3.8, 4) is 0 Å². The highest BCUT2D eigenvalue weighted by atomic mass is 15.2. The molecule has 98 valence electrons. The van der Waals surface area contributed by atoms with E-state index in [0.29, 0.717) is 0 Å². The van der Waals surface area contributed by atoms with Gasteiger partial charge >= 0.3 is 0 Å². The summed E-state index contributed by atoms with van der Waals surface area (Å²) in [7, 11) is 0. The topological polar surface area (TPSA) is 43.1 Å². The van der Waals surface area contributed by atoms with Crippen LogP contribution in [0.5, 0.6) is 0 Å². The SMILES string of the molecule is c1ccc2nc3c4cccnc4c4ccnn4c3cc2c1. The molecule has 0 radical (unpaired) electrons. The first-order chi connectivity index (χ1) is 10.4. The van der Waals surface area contributed by atoms with Gasteiger partial charge in [-0.25, -0.2) is 9.50 Å². The number of hydrogen-bond donors (Lipinski definition) is 0. The van der Waals surface area contributed by atoms with Crippen molar-refractivity contribution in [2.45, 2.75) is 0 Å². The van der Waals surface area contributed by atoms with Crippen molar-refractivity contribution in [3.05, 3.63) is 60.9 Å². The second-order valence-corrected chi connectivity index (χ2v) is 5.08. The lowest BCUT2D eigenvalue weighted by atomic mass is 10.1. The summed E-state index contributed by atoms with van der Waals surface area (Å²) in [6, 6.07) is 16.3. The van der Waals surface area contributed by atoms with E-state index in [4.69, 9.17) is 4.98 Å².